The minimum Gasteiger partial charge on any atom is -0.349 e. The molecule has 6 heteroatoms. The standard InChI is InChI=1S/C25H24ClN3O2/c1-17(28-24(31)25(12-3-13-25)20-4-2-5-21(26)16-20)18-6-8-22(9-7-18)29-23(30)19-10-14-27-15-11-19/h2,4-11,14-17H,3,12-13H2,1H3,(H,28,31)(H,29,30). The van der Waals surface area contributed by atoms with Crippen molar-refractivity contribution in [2.45, 2.75) is 37.6 Å². The summed E-state index contributed by atoms with van der Waals surface area (Å²) in [4.78, 5) is 29.4. The maximum atomic E-state index is 13.2. The molecule has 3 aromatic rings. The van der Waals surface area contributed by atoms with Crippen LogP contribution in [0.15, 0.2) is 73.1 Å². The Bertz CT molecular complexity index is 1080. The number of nitrogens with zero attached hydrogens (tertiary/aromatic N) is 1. The summed E-state index contributed by atoms with van der Waals surface area (Å²) in [6, 6.07) is 18.3. The molecule has 0 radical (unpaired) electrons. The van der Waals surface area contributed by atoms with Crippen LogP contribution >= 0.6 is 11.6 Å². The van der Waals surface area contributed by atoms with Gasteiger partial charge in [-0.3, -0.25) is 14.6 Å². The first-order valence-electron chi connectivity index (χ1n) is 10.4. The first kappa shape index (κ1) is 21.1. The van der Waals surface area contributed by atoms with E-state index in [0.29, 0.717) is 16.3 Å². The van der Waals surface area contributed by atoms with Crippen molar-refractivity contribution in [1.29, 1.82) is 0 Å². The maximum Gasteiger partial charge on any atom is 0.255 e. The molecule has 0 saturated heterocycles. The van der Waals surface area contributed by atoms with Gasteiger partial charge in [0.25, 0.3) is 5.91 Å². The fourth-order valence-electron chi connectivity index (χ4n) is 3.94. The number of halogens is 1. The van der Waals surface area contributed by atoms with E-state index in [4.69, 9.17) is 11.6 Å². The Labute approximate surface area is 186 Å². The first-order chi connectivity index (χ1) is 15.0. The molecule has 1 unspecified atom stereocenters. The molecule has 0 bridgehead atoms. The molecule has 1 aromatic heterocycles. The fraction of sp³-hybridized carbons (Fsp3) is 0.240. The van der Waals surface area contributed by atoms with Gasteiger partial charge in [0.05, 0.1) is 11.5 Å². The maximum absolute atomic E-state index is 13.2. The smallest absolute Gasteiger partial charge is 0.255 e. The highest BCUT2D eigenvalue weighted by Gasteiger charge is 2.46. The third-order valence-corrected chi connectivity index (χ3v) is 6.21. The van der Waals surface area contributed by atoms with E-state index in [2.05, 4.69) is 15.6 Å². The lowest BCUT2D eigenvalue weighted by molar-refractivity contribution is -0.130. The van der Waals surface area contributed by atoms with Crippen LogP contribution in [-0.2, 0) is 10.2 Å². The van der Waals surface area contributed by atoms with Gasteiger partial charge in [0.2, 0.25) is 5.91 Å². The summed E-state index contributed by atoms with van der Waals surface area (Å²) in [5, 5.41) is 6.68. The molecule has 1 atom stereocenters. The van der Waals surface area contributed by atoms with Crippen LogP contribution in [0.1, 0.15) is 53.7 Å². The third kappa shape index (κ3) is 4.47. The lowest BCUT2D eigenvalue weighted by Crippen LogP contribution is -2.49. The average molecular weight is 434 g/mol. The molecule has 0 spiro atoms. The lowest BCUT2D eigenvalue weighted by atomic mass is 9.63. The number of rotatable bonds is 6. The van der Waals surface area contributed by atoms with E-state index < -0.39 is 5.41 Å². The number of carbonyl (C=O) groups excluding carboxylic acids is 2. The number of hydrogen-bond acceptors (Lipinski definition) is 3. The largest absolute Gasteiger partial charge is 0.349 e. The van der Waals surface area contributed by atoms with Crippen molar-refractivity contribution < 1.29 is 9.59 Å². The Hall–Kier alpha value is -3.18. The number of carbonyl (C=O) groups is 2. The number of amides is 2. The number of benzene rings is 2. The number of anilines is 1. The molecule has 1 aliphatic carbocycles. The SMILES string of the molecule is CC(NC(=O)C1(c2cccc(Cl)c2)CCC1)c1ccc(NC(=O)c2ccncc2)cc1. The average Bonchev–Trinajstić information content (AvgIpc) is 2.74. The summed E-state index contributed by atoms with van der Waals surface area (Å²) >= 11 is 6.16. The van der Waals surface area contributed by atoms with Crippen molar-refractivity contribution in [3.63, 3.8) is 0 Å². The number of hydrogen-bond donors (Lipinski definition) is 2. The Balaban J connectivity index is 1.42. The molecular formula is C25H24ClN3O2. The molecule has 2 amide bonds. The highest BCUT2D eigenvalue weighted by Crippen LogP contribution is 2.45. The Morgan fingerprint density at radius 1 is 1.03 bits per heavy atom. The van der Waals surface area contributed by atoms with Crippen molar-refractivity contribution >= 4 is 29.1 Å². The predicted molar refractivity (Wildman–Crippen MR) is 122 cm³/mol. The number of aromatic nitrogens is 1. The predicted octanol–water partition coefficient (Wildman–Crippen LogP) is 5.29. The van der Waals surface area contributed by atoms with Crippen LogP contribution < -0.4 is 10.6 Å². The van der Waals surface area contributed by atoms with Gasteiger partial charge in [0.15, 0.2) is 0 Å². The molecule has 1 aliphatic rings. The molecule has 31 heavy (non-hydrogen) atoms. The van der Waals surface area contributed by atoms with E-state index >= 15 is 0 Å². The molecule has 2 N–H and O–H groups in total. The van der Waals surface area contributed by atoms with E-state index in [1.807, 2.05) is 55.5 Å². The van der Waals surface area contributed by atoms with Gasteiger partial charge in [0, 0.05) is 28.7 Å². The summed E-state index contributed by atoms with van der Waals surface area (Å²) in [5.41, 5.74) is 2.68. The number of nitrogens with one attached hydrogen (secondary N) is 2. The normalized spacial score (nSPS) is 15.4. The van der Waals surface area contributed by atoms with E-state index in [9.17, 15) is 9.59 Å². The van der Waals surface area contributed by atoms with Crippen molar-refractivity contribution in [3.8, 4) is 0 Å². The summed E-state index contributed by atoms with van der Waals surface area (Å²) in [6.45, 7) is 1.97. The zero-order chi connectivity index (χ0) is 21.8. The molecule has 1 heterocycles. The molecule has 1 fully saturated rings. The quantitative estimate of drug-likeness (QED) is 0.555. The van der Waals surface area contributed by atoms with Crippen molar-refractivity contribution in [3.05, 3.63) is 94.8 Å². The van der Waals surface area contributed by atoms with Gasteiger partial charge in [-0.2, -0.15) is 0 Å². The van der Waals surface area contributed by atoms with Crippen LogP contribution in [0, 0.1) is 0 Å². The highest BCUT2D eigenvalue weighted by molar-refractivity contribution is 6.30. The van der Waals surface area contributed by atoms with Gasteiger partial charge < -0.3 is 10.6 Å². The van der Waals surface area contributed by atoms with Gasteiger partial charge in [-0.05, 0) is 67.3 Å². The van der Waals surface area contributed by atoms with Crippen molar-refractivity contribution in [2.24, 2.45) is 0 Å². The Morgan fingerprint density at radius 3 is 2.35 bits per heavy atom. The van der Waals surface area contributed by atoms with Crippen LogP contribution in [-0.4, -0.2) is 16.8 Å². The second-order valence-electron chi connectivity index (χ2n) is 7.95. The van der Waals surface area contributed by atoms with E-state index in [1.54, 1.807) is 24.5 Å². The van der Waals surface area contributed by atoms with E-state index in [1.165, 1.54) is 0 Å². The zero-order valence-electron chi connectivity index (χ0n) is 17.3. The summed E-state index contributed by atoms with van der Waals surface area (Å²) < 4.78 is 0. The second kappa shape index (κ2) is 8.90. The van der Waals surface area contributed by atoms with Crippen LogP contribution in [0.2, 0.25) is 5.02 Å². The van der Waals surface area contributed by atoms with E-state index in [0.717, 1.165) is 30.4 Å². The lowest BCUT2D eigenvalue weighted by Gasteiger charge is -2.41. The fourth-order valence-corrected chi connectivity index (χ4v) is 4.13. The van der Waals surface area contributed by atoms with E-state index in [-0.39, 0.29) is 17.9 Å². The van der Waals surface area contributed by atoms with Crippen molar-refractivity contribution in [2.75, 3.05) is 5.32 Å². The minimum absolute atomic E-state index is 0.0311. The van der Waals surface area contributed by atoms with Gasteiger partial charge in [0.1, 0.15) is 0 Å². The van der Waals surface area contributed by atoms with Gasteiger partial charge in [-0.25, -0.2) is 0 Å². The molecule has 2 aromatic carbocycles. The first-order valence-corrected chi connectivity index (χ1v) is 10.7. The monoisotopic (exact) mass is 433 g/mol. The minimum atomic E-state index is -0.502. The molecule has 158 valence electrons. The van der Waals surface area contributed by atoms with Crippen LogP contribution in [0.5, 0.6) is 0 Å². The topological polar surface area (TPSA) is 71.1 Å². The van der Waals surface area contributed by atoms with Gasteiger partial charge >= 0.3 is 0 Å². The summed E-state index contributed by atoms with van der Waals surface area (Å²) in [7, 11) is 0. The molecule has 1 saturated carbocycles. The van der Waals surface area contributed by atoms with Gasteiger partial charge in [-0.1, -0.05) is 42.3 Å². The summed E-state index contributed by atoms with van der Waals surface area (Å²) in [6.07, 6.45) is 5.85. The third-order valence-electron chi connectivity index (χ3n) is 5.98. The summed E-state index contributed by atoms with van der Waals surface area (Å²) in [5.74, 6) is -0.159. The molecule has 4 rings (SSSR count). The van der Waals surface area contributed by atoms with Crippen LogP contribution in [0.3, 0.4) is 0 Å². The highest BCUT2D eigenvalue weighted by atomic mass is 35.5. The Kier molecular flexibility index (Phi) is 6.05. The molecule has 0 aliphatic heterocycles. The van der Waals surface area contributed by atoms with Gasteiger partial charge in [-0.15, -0.1) is 0 Å². The zero-order valence-corrected chi connectivity index (χ0v) is 18.0. The molecule has 5 nitrogen and oxygen atoms in total. The van der Waals surface area contributed by atoms with Crippen LogP contribution in [0.4, 0.5) is 5.69 Å². The second-order valence-corrected chi connectivity index (χ2v) is 8.39. The number of pyridine rings is 1. The molecular weight excluding hydrogens is 410 g/mol. The Morgan fingerprint density at radius 2 is 1.74 bits per heavy atom. The van der Waals surface area contributed by atoms with Crippen LogP contribution in [0.25, 0.3) is 0 Å². The van der Waals surface area contributed by atoms with Crippen molar-refractivity contribution in [1.82, 2.24) is 10.3 Å².